The van der Waals surface area contributed by atoms with Crippen LogP contribution in [-0.4, -0.2) is 125 Å². The molecule has 7 heterocycles. The van der Waals surface area contributed by atoms with Gasteiger partial charge in [-0.15, -0.1) is 0 Å². The van der Waals surface area contributed by atoms with Gasteiger partial charge in [0.05, 0.1) is 47.7 Å². The molecule has 0 unspecified atom stereocenters. The van der Waals surface area contributed by atoms with Crippen LogP contribution in [0.1, 0.15) is 25.7 Å². The molecule has 0 aliphatic carbocycles. The summed E-state index contributed by atoms with van der Waals surface area (Å²) < 4.78 is 58.2. The van der Waals surface area contributed by atoms with E-state index in [-0.39, 0.29) is 47.7 Å². The average molecular weight is 787 g/mol. The molecule has 0 N–H and O–H groups in total. The van der Waals surface area contributed by atoms with Crippen molar-refractivity contribution in [2.75, 3.05) is 77.1 Å². The van der Waals surface area contributed by atoms with E-state index in [0.717, 1.165) is 45.7 Å². The molecule has 9 rings (SSSR count). The summed E-state index contributed by atoms with van der Waals surface area (Å²) in [5.74, 6) is -0.134. The van der Waals surface area contributed by atoms with E-state index < -0.39 is 29.4 Å². The molecule has 292 valence electrons. The van der Waals surface area contributed by atoms with E-state index in [1.165, 1.54) is 12.3 Å². The normalized spacial score (nSPS) is 26.8. The molecule has 56 heavy (non-hydrogen) atoms. The van der Waals surface area contributed by atoms with Gasteiger partial charge in [0.15, 0.2) is 5.82 Å². The van der Waals surface area contributed by atoms with E-state index in [1.54, 1.807) is 35.2 Å². The molecule has 2 aromatic heterocycles. The highest BCUT2D eigenvalue weighted by Crippen LogP contribution is 2.42. The molecule has 5 aliphatic heterocycles. The fourth-order valence-electron chi connectivity index (χ4n) is 9.62. The molecule has 15 heteroatoms. The first-order chi connectivity index (χ1) is 27.2. The number of alkyl halides is 1. The Morgan fingerprint density at radius 2 is 1.93 bits per heavy atom. The summed E-state index contributed by atoms with van der Waals surface area (Å²) in [6.07, 6.45) is 6.12. The van der Waals surface area contributed by atoms with E-state index in [2.05, 4.69) is 25.8 Å². The number of likely N-dealkylation sites (tertiary alicyclic amines) is 1. The zero-order chi connectivity index (χ0) is 38.6. The molecular formula is C41H42ClF3N8O3. The maximum atomic E-state index is 17.0. The number of nitrogens with zero attached hydrogens (tertiary/aromatic N) is 8. The predicted molar refractivity (Wildman–Crippen MR) is 205 cm³/mol. The van der Waals surface area contributed by atoms with Crippen molar-refractivity contribution in [3.8, 4) is 23.3 Å². The average Bonchev–Trinajstić information content (AvgIpc) is 3.97. The zero-order valence-electron chi connectivity index (χ0n) is 30.8. The maximum Gasteiger partial charge on any atom is 0.319 e. The van der Waals surface area contributed by atoms with E-state index >= 15 is 4.39 Å². The number of halogens is 4. The first kappa shape index (κ1) is 37.1. The van der Waals surface area contributed by atoms with Crippen LogP contribution in [0.2, 0.25) is 5.02 Å². The van der Waals surface area contributed by atoms with Gasteiger partial charge in [-0.3, -0.25) is 19.6 Å². The van der Waals surface area contributed by atoms with Crippen LogP contribution in [0.4, 0.5) is 19.0 Å². The molecule has 4 aromatic rings. The lowest BCUT2D eigenvalue weighted by molar-refractivity contribution is -0.128. The van der Waals surface area contributed by atoms with E-state index in [4.69, 9.17) is 26.1 Å². The van der Waals surface area contributed by atoms with Crippen molar-refractivity contribution in [2.24, 2.45) is 11.8 Å². The van der Waals surface area contributed by atoms with Crippen LogP contribution in [0.5, 0.6) is 6.01 Å². The number of benzene rings is 2. The van der Waals surface area contributed by atoms with E-state index in [1.807, 2.05) is 11.0 Å². The summed E-state index contributed by atoms with van der Waals surface area (Å²) >= 11 is 6.44. The minimum Gasteiger partial charge on any atom is -0.461 e. The van der Waals surface area contributed by atoms with Crippen molar-refractivity contribution >= 4 is 45.0 Å². The second-order valence-corrected chi connectivity index (χ2v) is 16.2. The highest BCUT2D eigenvalue weighted by Gasteiger charge is 2.49. The molecule has 1 amide bonds. The fraction of sp³-hybridized carbons (Fsp3) is 0.488. The largest absolute Gasteiger partial charge is 0.461 e. The van der Waals surface area contributed by atoms with Gasteiger partial charge >= 0.3 is 6.01 Å². The number of nitriles is 1. The van der Waals surface area contributed by atoms with Crippen LogP contribution in [0.15, 0.2) is 48.7 Å². The summed E-state index contributed by atoms with van der Waals surface area (Å²) in [5.41, 5.74) is -0.336. The Morgan fingerprint density at radius 1 is 1.09 bits per heavy atom. The monoisotopic (exact) mass is 786 g/mol. The van der Waals surface area contributed by atoms with Gasteiger partial charge in [0.1, 0.15) is 35.6 Å². The molecule has 5 fully saturated rings. The van der Waals surface area contributed by atoms with Crippen LogP contribution in [0, 0.1) is 34.8 Å². The number of aromatic nitrogens is 3. The molecule has 5 aliphatic rings. The summed E-state index contributed by atoms with van der Waals surface area (Å²) in [5, 5.41) is 10.9. The number of hydrogen-bond donors (Lipinski definition) is 0. The number of carbonyl (C=O) groups is 1. The fourth-order valence-corrected chi connectivity index (χ4v) is 9.89. The Balaban J connectivity index is 1.03. The Hall–Kier alpha value is -4.55. The van der Waals surface area contributed by atoms with Gasteiger partial charge in [-0.2, -0.15) is 15.2 Å². The first-order valence-electron chi connectivity index (χ1n) is 19.4. The summed E-state index contributed by atoms with van der Waals surface area (Å²) in [4.78, 5) is 35.6. The summed E-state index contributed by atoms with van der Waals surface area (Å²) in [7, 11) is 0. The third-order valence-corrected chi connectivity index (χ3v) is 12.8. The number of ether oxygens (including phenoxy) is 2. The number of rotatable bonds is 9. The quantitative estimate of drug-likeness (QED) is 0.193. The van der Waals surface area contributed by atoms with Crippen molar-refractivity contribution in [1.29, 1.82) is 5.26 Å². The van der Waals surface area contributed by atoms with Gasteiger partial charge in [0.25, 0.3) is 0 Å². The smallest absolute Gasteiger partial charge is 0.319 e. The number of fused-ring (bicyclic) bond motifs is 4. The number of pyridine rings is 1. The number of hydrogen-bond acceptors (Lipinski definition) is 10. The topological polar surface area (TPSA) is 111 Å². The van der Waals surface area contributed by atoms with Crippen molar-refractivity contribution in [3.63, 3.8) is 0 Å². The number of amides is 1. The van der Waals surface area contributed by atoms with Crippen molar-refractivity contribution < 1.29 is 27.4 Å². The molecular weight excluding hydrogens is 745 g/mol. The molecule has 0 bridgehead atoms. The Bertz CT molecular complexity index is 2250. The summed E-state index contributed by atoms with van der Waals surface area (Å²) in [6, 6.07) is 9.64. The van der Waals surface area contributed by atoms with E-state index in [9.17, 15) is 18.8 Å². The standard InChI is InChI=1S/C41H42ClF3N8O3/c42-35-32(44)8-7-25-4-1-5-30(34(25)35)37-36(45)38-31(17-47-37)39(49-40(48-38)56-24-41-10-3-13-52(41)20-28(43)16-41)51-14-15-53(29(21-51)9-11-46)33(54)6-2-12-50-18-26-22-55-23-27(26)19-50/h1-2,4-8,17,26-29H,3,9-10,12-16,18-24H2/b6-2+/t26-,27+,28-,29+,41+/m1/s1. The third kappa shape index (κ3) is 6.72. The van der Waals surface area contributed by atoms with E-state index in [0.29, 0.717) is 72.0 Å². The van der Waals surface area contributed by atoms with Crippen molar-refractivity contribution in [2.45, 2.75) is 43.4 Å². The second-order valence-electron chi connectivity index (χ2n) is 15.8. The predicted octanol–water partition coefficient (Wildman–Crippen LogP) is 5.80. The van der Waals surface area contributed by atoms with Gasteiger partial charge in [0, 0.05) is 87.3 Å². The number of piperazine rings is 1. The minimum atomic E-state index is -0.962. The maximum absolute atomic E-state index is 17.0. The Morgan fingerprint density at radius 3 is 2.75 bits per heavy atom. The second kappa shape index (κ2) is 15.1. The molecule has 0 saturated carbocycles. The Kier molecular flexibility index (Phi) is 9.98. The van der Waals surface area contributed by atoms with Crippen molar-refractivity contribution in [1.82, 2.24) is 29.7 Å². The van der Waals surface area contributed by atoms with Crippen LogP contribution >= 0.6 is 11.6 Å². The van der Waals surface area contributed by atoms with Gasteiger partial charge < -0.3 is 19.3 Å². The molecule has 0 spiro atoms. The lowest BCUT2D eigenvalue weighted by Gasteiger charge is -2.41. The van der Waals surface area contributed by atoms with Crippen LogP contribution < -0.4 is 9.64 Å². The van der Waals surface area contributed by atoms with Gasteiger partial charge in [0.2, 0.25) is 5.91 Å². The molecule has 5 atom stereocenters. The van der Waals surface area contributed by atoms with Crippen LogP contribution in [0.3, 0.4) is 0 Å². The lowest BCUT2D eigenvalue weighted by atomic mass is 9.95. The number of carbonyl (C=O) groups excluding carboxylic acids is 1. The van der Waals surface area contributed by atoms with Crippen molar-refractivity contribution in [3.05, 3.63) is 65.3 Å². The molecule has 5 saturated heterocycles. The highest BCUT2D eigenvalue weighted by molar-refractivity contribution is 6.36. The molecule has 0 radical (unpaired) electrons. The van der Waals surface area contributed by atoms with Gasteiger partial charge in [-0.25, -0.2) is 13.2 Å². The Labute approximate surface area is 327 Å². The highest BCUT2D eigenvalue weighted by atomic mass is 35.5. The van der Waals surface area contributed by atoms with Crippen LogP contribution in [-0.2, 0) is 9.53 Å². The zero-order valence-corrected chi connectivity index (χ0v) is 31.6. The third-order valence-electron chi connectivity index (χ3n) is 12.4. The number of anilines is 1. The van der Waals surface area contributed by atoms with Gasteiger partial charge in [-0.05, 0) is 30.8 Å². The SMILES string of the molecule is N#CC[C@H]1CN(c2nc(OC[C@@]34CCCN3C[C@H](F)C4)nc3c(F)c(-c4cccc5ccc(F)c(Cl)c45)ncc23)CCN1C(=O)/C=C/CN1C[C@H]2COC[C@H]2C1. The summed E-state index contributed by atoms with van der Waals surface area (Å²) in [6.45, 7) is 6.31. The van der Waals surface area contributed by atoms with Crippen LogP contribution in [0.25, 0.3) is 32.9 Å². The molecule has 2 aromatic carbocycles. The van der Waals surface area contributed by atoms with Gasteiger partial charge in [-0.1, -0.05) is 41.9 Å². The first-order valence-corrected chi connectivity index (χ1v) is 19.7. The lowest BCUT2D eigenvalue weighted by Crippen LogP contribution is -2.55. The minimum absolute atomic E-state index is 0.0639. The molecule has 11 nitrogen and oxygen atoms in total.